The van der Waals surface area contributed by atoms with Crippen LogP contribution in [0.2, 0.25) is 0 Å². The minimum atomic E-state index is -0.618. The number of nitrogens with zero attached hydrogens (tertiary/aromatic N) is 1. The van der Waals surface area contributed by atoms with Crippen molar-refractivity contribution in [2.45, 2.75) is 10.8 Å². The number of hydrogen-bond acceptors (Lipinski definition) is 3. The van der Waals surface area contributed by atoms with Gasteiger partial charge >= 0.3 is 0 Å². The highest BCUT2D eigenvalue weighted by Crippen LogP contribution is 2.65. The Morgan fingerprint density at radius 3 is 1.41 bits per heavy atom. The molecule has 0 aromatic heterocycles. The fourth-order valence-corrected chi connectivity index (χ4v) is 12.7. The van der Waals surface area contributed by atoms with Crippen molar-refractivity contribution in [1.82, 2.24) is 0 Å². The molecule has 0 bridgehead atoms. The zero-order valence-electron chi connectivity index (χ0n) is 37.4. The summed E-state index contributed by atoms with van der Waals surface area (Å²) in [6.07, 6.45) is 0. The molecular formula is C66H41NO2. The van der Waals surface area contributed by atoms with Crippen LogP contribution < -0.4 is 14.4 Å². The van der Waals surface area contributed by atoms with Crippen molar-refractivity contribution < 1.29 is 9.47 Å². The molecule has 0 saturated heterocycles. The van der Waals surface area contributed by atoms with Crippen molar-refractivity contribution in [3.05, 3.63) is 293 Å². The average Bonchev–Trinajstić information content (AvgIpc) is 3.87. The quantitative estimate of drug-likeness (QED) is 0.176. The van der Waals surface area contributed by atoms with Gasteiger partial charge in [0, 0.05) is 39.3 Å². The Kier molecular flexibility index (Phi) is 7.92. The Morgan fingerprint density at radius 1 is 0.275 bits per heavy atom. The third kappa shape index (κ3) is 5.11. The number of fused-ring (bicyclic) bond motifs is 20. The second-order valence-corrected chi connectivity index (χ2v) is 18.7. The van der Waals surface area contributed by atoms with E-state index in [4.69, 9.17) is 9.47 Å². The first kappa shape index (κ1) is 38.2. The summed E-state index contributed by atoms with van der Waals surface area (Å²) in [5.41, 5.74) is 18.9. The summed E-state index contributed by atoms with van der Waals surface area (Å²) in [6.45, 7) is 0. The molecule has 0 saturated carbocycles. The minimum absolute atomic E-state index is 0.607. The van der Waals surface area contributed by atoms with E-state index < -0.39 is 10.8 Å². The fourth-order valence-electron chi connectivity index (χ4n) is 12.7. The summed E-state index contributed by atoms with van der Waals surface area (Å²) in [6, 6.07) is 91.0. The second-order valence-electron chi connectivity index (χ2n) is 18.7. The molecule has 3 heteroatoms. The van der Waals surface area contributed by atoms with Gasteiger partial charge in [-0.15, -0.1) is 0 Å². The van der Waals surface area contributed by atoms with E-state index in [9.17, 15) is 0 Å². The molecule has 2 aliphatic carbocycles. The monoisotopic (exact) mass is 879 g/mol. The van der Waals surface area contributed by atoms with E-state index in [1.54, 1.807) is 0 Å². The molecule has 0 atom stereocenters. The van der Waals surface area contributed by atoms with E-state index in [-0.39, 0.29) is 0 Å². The molecule has 0 N–H and O–H groups in total. The summed E-state index contributed by atoms with van der Waals surface area (Å²) in [4.78, 5) is 2.46. The Morgan fingerprint density at radius 2 is 0.739 bits per heavy atom. The third-order valence-electron chi connectivity index (χ3n) is 15.4. The summed E-state index contributed by atoms with van der Waals surface area (Å²) >= 11 is 0. The Bertz CT molecular complexity index is 3830. The molecule has 322 valence electrons. The lowest BCUT2D eigenvalue weighted by atomic mass is 9.65. The van der Waals surface area contributed by atoms with Crippen LogP contribution in [0.4, 0.5) is 17.1 Å². The van der Waals surface area contributed by atoms with Gasteiger partial charge in [-0.25, -0.2) is 0 Å². The van der Waals surface area contributed by atoms with Gasteiger partial charge in [-0.2, -0.15) is 0 Å². The Labute approximate surface area is 400 Å². The highest BCUT2D eigenvalue weighted by Gasteiger charge is 2.53. The predicted molar refractivity (Wildman–Crippen MR) is 279 cm³/mol. The van der Waals surface area contributed by atoms with Gasteiger partial charge in [0.2, 0.25) is 0 Å². The first-order chi connectivity index (χ1) is 34.2. The van der Waals surface area contributed by atoms with Gasteiger partial charge < -0.3 is 14.4 Å². The zero-order valence-corrected chi connectivity index (χ0v) is 37.4. The average molecular weight is 880 g/mol. The van der Waals surface area contributed by atoms with Gasteiger partial charge in [0.1, 0.15) is 23.0 Å². The summed E-state index contributed by atoms with van der Waals surface area (Å²) in [7, 11) is 0. The SMILES string of the molecule is c1ccc(-c2ccc(N(c3ccc4c(c3)-c3ccc5ccccc5c3C43c4ccccc4Oc4ccccc43)c3ccc4c(c3)C3(c5ccccc5Oc5ccccc53)c3ccccc3-4)cc2)cc1. The number of ether oxygens (including phenoxy) is 2. The van der Waals surface area contributed by atoms with Gasteiger partial charge in [0.05, 0.1) is 10.8 Å². The molecule has 0 fully saturated rings. The smallest absolute Gasteiger partial charge is 0.132 e. The molecule has 15 rings (SSSR count). The van der Waals surface area contributed by atoms with E-state index in [2.05, 4.69) is 254 Å². The second kappa shape index (κ2) is 14.3. The van der Waals surface area contributed by atoms with Crippen LogP contribution in [0.1, 0.15) is 44.5 Å². The van der Waals surface area contributed by atoms with Crippen LogP contribution in [0.15, 0.2) is 249 Å². The van der Waals surface area contributed by atoms with Crippen molar-refractivity contribution in [1.29, 1.82) is 0 Å². The highest BCUT2D eigenvalue weighted by atomic mass is 16.5. The molecule has 2 spiro atoms. The molecule has 0 amide bonds. The lowest BCUT2D eigenvalue weighted by molar-refractivity contribution is 0.436. The maximum Gasteiger partial charge on any atom is 0.132 e. The van der Waals surface area contributed by atoms with E-state index in [1.165, 1.54) is 66.4 Å². The molecule has 2 aliphatic heterocycles. The zero-order chi connectivity index (χ0) is 45.3. The van der Waals surface area contributed by atoms with Crippen molar-refractivity contribution in [3.63, 3.8) is 0 Å². The number of hydrogen-bond donors (Lipinski definition) is 0. The van der Waals surface area contributed by atoms with E-state index in [0.717, 1.165) is 62.3 Å². The largest absolute Gasteiger partial charge is 0.457 e. The predicted octanol–water partition coefficient (Wildman–Crippen LogP) is 16.9. The van der Waals surface area contributed by atoms with Crippen molar-refractivity contribution >= 4 is 27.8 Å². The Hall–Kier alpha value is -8.92. The normalized spacial score (nSPS) is 14.3. The molecule has 11 aromatic rings. The van der Waals surface area contributed by atoms with Crippen LogP contribution in [0.5, 0.6) is 23.0 Å². The summed E-state index contributed by atoms with van der Waals surface area (Å²) < 4.78 is 13.5. The van der Waals surface area contributed by atoms with Crippen LogP contribution in [0, 0.1) is 0 Å². The minimum Gasteiger partial charge on any atom is -0.457 e. The Balaban J connectivity index is 1.00. The molecule has 3 nitrogen and oxygen atoms in total. The van der Waals surface area contributed by atoms with Crippen LogP contribution in [0.25, 0.3) is 44.2 Å². The number of anilines is 3. The van der Waals surface area contributed by atoms with E-state index in [1.807, 2.05) is 0 Å². The van der Waals surface area contributed by atoms with Crippen molar-refractivity contribution in [2.75, 3.05) is 4.90 Å². The molecular weight excluding hydrogens is 839 g/mol. The maximum atomic E-state index is 6.76. The topological polar surface area (TPSA) is 21.7 Å². The van der Waals surface area contributed by atoms with Crippen LogP contribution in [-0.4, -0.2) is 0 Å². The van der Waals surface area contributed by atoms with Gasteiger partial charge in [-0.3, -0.25) is 0 Å². The van der Waals surface area contributed by atoms with Gasteiger partial charge in [0.15, 0.2) is 0 Å². The first-order valence-corrected chi connectivity index (χ1v) is 23.8. The lowest BCUT2D eigenvalue weighted by Crippen LogP contribution is -2.32. The third-order valence-corrected chi connectivity index (χ3v) is 15.4. The number of rotatable bonds is 4. The van der Waals surface area contributed by atoms with Crippen LogP contribution >= 0.6 is 0 Å². The lowest BCUT2D eigenvalue weighted by Gasteiger charge is -2.40. The van der Waals surface area contributed by atoms with Crippen LogP contribution in [-0.2, 0) is 10.8 Å². The van der Waals surface area contributed by atoms with Gasteiger partial charge in [-0.05, 0) is 127 Å². The van der Waals surface area contributed by atoms with E-state index >= 15 is 0 Å². The number of benzene rings is 11. The van der Waals surface area contributed by atoms with Gasteiger partial charge in [0.25, 0.3) is 0 Å². The summed E-state index contributed by atoms with van der Waals surface area (Å²) in [5.74, 6) is 3.54. The molecule has 69 heavy (non-hydrogen) atoms. The fraction of sp³-hybridized carbons (Fsp3) is 0.0303. The van der Waals surface area contributed by atoms with Crippen LogP contribution in [0.3, 0.4) is 0 Å². The maximum absolute atomic E-state index is 6.76. The molecule has 2 heterocycles. The number of para-hydroxylation sites is 4. The molecule has 4 aliphatic rings. The van der Waals surface area contributed by atoms with E-state index in [0.29, 0.717) is 0 Å². The van der Waals surface area contributed by atoms with Crippen molar-refractivity contribution in [2.24, 2.45) is 0 Å². The standard InChI is InChI=1S/C66H41NO2/c1-2-16-42(17-3-1)43-30-33-45(34-31-43)67(47-35-38-50-49-20-6-7-21-53(49)65(59(50)41-47)55-22-8-12-26-60(55)68-61-27-13-9-23-56(61)65)46-36-39-54-52(40-46)51-37-32-44-18-4-5-19-48(44)64(51)66(54)57-24-10-14-28-62(57)69-63-29-15-11-25-58(63)66/h1-41H. The molecule has 0 unspecified atom stereocenters. The molecule has 0 radical (unpaired) electrons. The molecule has 11 aromatic carbocycles. The van der Waals surface area contributed by atoms with Crippen molar-refractivity contribution in [3.8, 4) is 56.4 Å². The first-order valence-electron chi connectivity index (χ1n) is 23.8. The van der Waals surface area contributed by atoms with Gasteiger partial charge in [-0.1, -0.05) is 188 Å². The highest BCUT2D eigenvalue weighted by molar-refractivity contribution is 6.02. The summed E-state index contributed by atoms with van der Waals surface area (Å²) in [5, 5.41) is 2.46.